The number of nitrogens with two attached hydrogens (primary N) is 1. The van der Waals surface area contributed by atoms with E-state index in [2.05, 4.69) is 23.4 Å². The molecule has 6 nitrogen and oxygen atoms in total. The van der Waals surface area contributed by atoms with Crippen molar-refractivity contribution in [2.24, 2.45) is 11.7 Å². The minimum Gasteiger partial charge on any atom is -0.355 e. The fourth-order valence-corrected chi connectivity index (χ4v) is 2.63. The summed E-state index contributed by atoms with van der Waals surface area (Å²) in [5, 5.41) is 2.83. The molecule has 1 fully saturated rings. The Hall–Kier alpha value is -1.37. The molecule has 0 bridgehead atoms. The molecule has 23 heavy (non-hydrogen) atoms. The first-order valence-corrected chi connectivity index (χ1v) is 7.82. The second kappa shape index (κ2) is 12.1. The van der Waals surface area contributed by atoms with Crippen molar-refractivity contribution >= 4 is 24.2 Å². The Balaban J connectivity index is 0.00000484. The Morgan fingerprint density at radius 2 is 1.96 bits per heavy atom. The number of likely N-dealkylation sites (tertiary alicyclic amines) is 1. The second-order valence-corrected chi connectivity index (χ2v) is 5.53. The molecule has 0 spiro atoms. The maximum atomic E-state index is 12.3. The normalized spacial score (nSPS) is 17.7. The molecule has 0 aromatic carbocycles. The van der Waals surface area contributed by atoms with Gasteiger partial charge in [0.1, 0.15) is 0 Å². The van der Waals surface area contributed by atoms with Crippen molar-refractivity contribution < 1.29 is 9.59 Å². The smallest absolute Gasteiger partial charge is 0.237 e. The van der Waals surface area contributed by atoms with Crippen LogP contribution < -0.4 is 11.1 Å². The standard InChI is InChI=1S/C16H28N4O2.ClH/c1-3-9-20(10-4-2)15(21)13-19-11-5-6-14(12-19)16(22)18-8-7-17;/h3-4,14H,1-2,5-13,17H2,(H,18,22);1H. The number of halogens is 1. The number of nitrogens with zero attached hydrogens (tertiary/aromatic N) is 2. The number of hydrogen-bond acceptors (Lipinski definition) is 4. The summed E-state index contributed by atoms with van der Waals surface area (Å²) in [7, 11) is 0. The molecule has 1 unspecified atom stereocenters. The summed E-state index contributed by atoms with van der Waals surface area (Å²) in [6, 6.07) is 0. The van der Waals surface area contributed by atoms with E-state index >= 15 is 0 Å². The summed E-state index contributed by atoms with van der Waals surface area (Å²) in [6.45, 7) is 11.1. The quantitative estimate of drug-likeness (QED) is 0.593. The van der Waals surface area contributed by atoms with E-state index in [0.717, 1.165) is 19.4 Å². The monoisotopic (exact) mass is 344 g/mol. The number of carbonyl (C=O) groups excluding carboxylic acids is 2. The molecule has 0 aromatic rings. The van der Waals surface area contributed by atoms with Gasteiger partial charge in [0.25, 0.3) is 0 Å². The summed E-state index contributed by atoms with van der Waals surface area (Å²) in [6.07, 6.45) is 5.21. The van der Waals surface area contributed by atoms with Crippen molar-refractivity contribution in [1.29, 1.82) is 0 Å². The molecular formula is C16H29ClN4O2. The topological polar surface area (TPSA) is 78.7 Å². The van der Waals surface area contributed by atoms with E-state index in [0.29, 0.717) is 39.3 Å². The molecule has 1 rings (SSSR count). The highest BCUT2D eigenvalue weighted by Gasteiger charge is 2.27. The van der Waals surface area contributed by atoms with E-state index in [9.17, 15) is 9.59 Å². The van der Waals surface area contributed by atoms with Gasteiger partial charge in [0.2, 0.25) is 11.8 Å². The third kappa shape index (κ3) is 7.63. The molecule has 1 heterocycles. The SMILES string of the molecule is C=CCN(CC=C)C(=O)CN1CCCC(C(=O)NCCN)C1.Cl. The van der Waals surface area contributed by atoms with Crippen LogP contribution in [0.4, 0.5) is 0 Å². The number of hydrogen-bond donors (Lipinski definition) is 2. The third-order valence-corrected chi connectivity index (χ3v) is 3.73. The van der Waals surface area contributed by atoms with Crippen molar-refractivity contribution in [3.63, 3.8) is 0 Å². The lowest BCUT2D eigenvalue weighted by atomic mass is 9.97. The Labute approximate surface area is 145 Å². The largest absolute Gasteiger partial charge is 0.355 e. The van der Waals surface area contributed by atoms with Crippen LogP contribution in [0.2, 0.25) is 0 Å². The summed E-state index contributed by atoms with van der Waals surface area (Å²) < 4.78 is 0. The number of amides is 2. The van der Waals surface area contributed by atoms with Crippen LogP contribution in [-0.4, -0.2) is 67.4 Å². The van der Waals surface area contributed by atoms with Crippen molar-refractivity contribution in [3.05, 3.63) is 25.3 Å². The molecule has 1 atom stereocenters. The third-order valence-electron chi connectivity index (χ3n) is 3.73. The van der Waals surface area contributed by atoms with E-state index < -0.39 is 0 Å². The Morgan fingerprint density at radius 1 is 1.30 bits per heavy atom. The molecule has 3 N–H and O–H groups in total. The van der Waals surface area contributed by atoms with Crippen molar-refractivity contribution in [1.82, 2.24) is 15.1 Å². The fourth-order valence-electron chi connectivity index (χ4n) is 2.63. The average Bonchev–Trinajstić information content (AvgIpc) is 2.52. The maximum absolute atomic E-state index is 12.3. The molecule has 1 aliphatic heterocycles. The summed E-state index contributed by atoms with van der Waals surface area (Å²) in [5.41, 5.74) is 5.40. The van der Waals surface area contributed by atoms with E-state index in [1.807, 2.05) is 0 Å². The van der Waals surface area contributed by atoms with Gasteiger partial charge in [-0.1, -0.05) is 12.2 Å². The highest BCUT2D eigenvalue weighted by atomic mass is 35.5. The average molecular weight is 345 g/mol. The predicted molar refractivity (Wildman–Crippen MR) is 95.5 cm³/mol. The highest BCUT2D eigenvalue weighted by molar-refractivity contribution is 5.85. The van der Waals surface area contributed by atoms with Gasteiger partial charge in [-0.25, -0.2) is 0 Å². The van der Waals surface area contributed by atoms with Crippen molar-refractivity contribution in [3.8, 4) is 0 Å². The van der Waals surface area contributed by atoms with Crippen LogP contribution in [-0.2, 0) is 9.59 Å². The van der Waals surface area contributed by atoms with Crippen LogP contribution in [0.15, 0.2) is 25.3 Å². The Morgan fingerprint density at radius 3 is 2.52 bits per heavy atom. The van der Waals surface area contributed by atoms with Gasteiger partial charge in [-0.3, -0.25) is 14.5 Å². The molecule has 1 aliphatic rings. The first kappa shape index (κ1) is 21.6. The molecule has 0 radical (unpaired) electrons. The summed E-state index contributed by atoms with van der Waals surface area (Å²) in [4.78, 5) is 28.1. The van der Waals surface area contributed by atoms with Gasteiger partial charge in [0.05, 0.1) is 12.5 Å². The fraction of sp³-hybridized carbons (Fsp3) is 0.625. The van der Waals surface area contributed by atoms with Crippen molar-refractivity contribution in [2.45, 2.75) is 12.8 Å². The van der Waals surface area contributed by atoms with Crippen LogP contribution in [0.3, 0.4) is 0 Å². The Kier molecular flexibility index (Phi) is 11.4. The highest BCUT2D eigenvalue weighted by Crippen LogP contribution is 2.16. The molecule has 132 valence electrons. The zero-order valence-electron chi connectivity index (χ0n) is 13.7. The lowest BCUT2D eigenvalue weighted by Gasteiger charge is -2.32. The van der Waals surface area contributed by atoms with Crippen LogP contribution in [0.5, 0.6) is 0 Å². The van der Waals surface area contributed by atoms with Crippen LogP contribution in [0, 0.1) is 5.92 Å². The molecule has 1 saturated heterocycles. The molecule has 7 heteroatoms. The van der Waals surface area contributed by atoms with Crippen LogP contribution in [0.1, 0.15) is 12.8 Å². The van der Waals surface area contributed by atoms with E-state index in [1.54, 1.807) is 17.1 Å². The van der Waals surface area contributed by atoms with Gasteiger partial charge >= 0.3 is 0 Å². The lowest BCUT2D eigenvalue weighted by molar-refractivity contribution is -0.133. The number of rotatable bonds is 9. The summed E-state index contributed by atoms with van der Waals surface area (Å²) >= 11 is 0. The molecule has 0 aromatic heterocycles. The van der Waals surface area contributed by atoms with Crippen LogP contribution in [0.25, 0.3) is 0 Å². The van der Waals surface area contributed by atoms with E-state index in [-0.39, 0.29) is 30.1 Å². The minimum atomic E-state index is -0.0552. The predicted octanol–water partition coefficient (Wildman–Crippen LogP) is 0.396. The maximum Gasteiger partial charge on any atom is 0.237 e. The zero-order valence-corrected chi connectivity index (χ0v) is 14.5. The minimum absolute atomic E-state index is 0. The van der Waals surface area contributed by atoms with Gasteiger partial charge in [0.15, 0.2) is 0 Å². The second-order valence-electron chi connectivity index (χ2n) is 5.53. The van der Waals surface area contributed by atoms with Gasteiger partial charge in [-0.15, -0.1) is 25.6 Å². The van der Waals surface area contributed by atoms with Gasteiger partial charge in [0, 0.05) is 32.7 Å². The van der Waals surface area contributed by atoms with Gasteiger partial charge in [-0.05, 0) is 19.4 Å². The van der Waals surface area contributed by atoms with Crippen LogP contribution >= 0.6 is 12.4 Å². The zero-order chi connectivity index (χ0) is 16.4. The van der Waals surface area contributed by atoms with Crippen molar-refractivity contribution in [2.75, 3.05) is 45.8 Å². The first-order valence-electron chi connectivity index (χ1n) is 7.82. The number of carbonyl (C=O) groups is 2. The first-order chi connectivity index (χ1) is 10.6. The van der Waals surface area contributed by atoms with E-state index in [4.69, 9.17) is 5.73 Å². The number of nitrogens with one attached hydrogen (secondary N) is 1. The molecule has 2 amide bonds. The van der Waals surface area contributed by atoms with Gasteiger partial charge < -0.3 is 16.0 Å². The van der Waals surface area contributed by atoms with Gasteiger partial charge in [-0.2, -0.15) is 0 Å². The number of piperidine rings is 1. The Bertz CT molecular complexity index is 394. The molecule has 0 saturated carbocycles. The van der Waals surface area contributed by atoms with E-state index in [1.165, 1.54) is 0 Å². The molecular weight excluding hydrogens is 316 g/mol. The lowest BCUT2D eigenvalue weighted by Crippen LogP contribution is -2.48. The summed E-state index contributed by atoms with van der Waals surface area (Å²) in [5.74, 6) is 0.0276. The molecule has 0 aliphatic carbocycles.